The van der Waals surface area contributed by atoms with Crippen molar-refractivity contribution in [2.75, 3.05) is 39.9 Å². The van der Waals surface area contributed by atoms with Crippen molar-refractivity contribution in [1.29, 1.82) is 0 Å². The van der Waals surface area contributed by atoms with Crippen molar-refractivity contribution in [2.45, 2.75) is 64.8 Å². The zero-order valence-electron chi connectivity index (χ0n) is 14.5. The van der Waals surface area contributed by atoms with Gasteiger partial charge in [-0.2, -0.15) is 0 Å². The molecule has 1 aliphatic heterocycles. The van der Waals surface area contributed by atoms with E-state index in [1.54, 1.807) is 0 Å². The minimum absolute atomic E-state index is 0.423. The molecule has 3 heteroatoms. The maximum absolute atomic E-state index is 5.62. The van der Waals surface area contributed by atoms with Crippen LogP contribution in [0.4, 0.5) is 0 Å². The molecule has 2 rings (SSSR count). The summed E-state index contributed by atoms with van der Waals surface area (Å²) in [5, 5.41) is 3.68. The Labute approximate surface area is 131 Å². The lowest BCUT2D eigenvalue weighted by Crippen LogP contribution is -2.48. The number of hydrogen-bond acceptors (Lipinski definition) is 3. The number of hydrogen-bond donors (Lipinski definition) is 1. The molecule has 0 amide bonds. The highest BCUT2D eigenvalue weighted by Gasteiger charge is 2.34. The second-order valence-electron chi connectivity index (χ2n) is 7.85. The van der Waals surface area contributed by atoms with Crippen molar-refractivity contribution < 1.29 is 4.74 Å². The summed E-state index contributed by atoms with van der Waals surface area (Å²) in [4.78, 5) is 2.61. The van der Waals surface area contributed by atoms with Crippen LogP contribution in [0.25, 0.3) is 0 Å². The minimum Gasteiger partial charge on any atom is -0.381 e. The highest BCUT2D eigenvalue weighted by atomic mass is 16.5. The van der Waals surface area contributed by atoms with Crippen molar-refractivity contribution in [3.05, 3.63) is 0 Å². The lowest BCUT2D eigenvalue weighted by Gasteiger charge is -2.41. The van der Waals surface area contributed by atoms with E-state index in [0.29, 0.717) is 11.5 Å². The fourth-order valence-corrected chi connectivity index (χ4v) is 4.06. The summed E-state index contributed by atoms with van der Waals surface area (Å²) in [6.07, 6.45) is 9.68. The van der Waals surface area contributed by atoms with E-state index in [9.17, 15) is 0 Å². The van der Waals surface area contributed by atoms with Gasteiger partial charge in [-0.15, -0.1) is 0 Å². The molecule has 0 aromatic rings. The molecule has 2 aliphatic rings. The van der Waals surface area contributed by atoms with Gasteiger partial charge >= 0.3 is 0 Å². The van der Waals surface area contributed by atoms with Crippen LogP contribution >= 0.6 is 0 Å². The van der Waals surface area contributed by atoms with Crippen LogP contribution in [0.2, 0.25) is 0 Å². The van der Waals surface area contributed by atoms with Crippen LogP contribution in [0.15, 0.2) is 0 Å². The third-order valence-corrected chi connectivity index (χ3v) is 5.34. The predicted octanol–water partition coefficient (Wildman–Crippen LogP) is 3.29. The van der Waals surface area contributed by atoms with Gasteiger partial charge in [0.2, 0.25) is 0 Å². The van der Waals surface area contributed by atoms with E-state index >= 15 is 0 Å². The highest BCUT2D eigenvalue weighted by molar-refractivity contribution is 4.87. The summed E-state index contributed by atoms with van der Waals surface area (Å²) in [6, 6.07) is 0.577. The quantitative estimate of drug-likeness (QED) is 0.780. The van der Waals surface area contributed by atoms with Gasteiger partial charge in [0.1, 0.15) is 0 Å². The van der Waals surface area contributed by atoms with E-state index in [4.69, 9.17) is 4.74 Å². The molecule has 0 radical (unpaired) electrons. The van der Waals surface area contributed by atoms with Crippen molar-refractivity contribution in [2.24, 2.45) is 11.3 Å². The van der Waals surface area contributed by atoms with Gasteiger partial charge in [-0.25, -0.2) is 0 Å². The third kappa shape index (κ3) is 5.88. The van der Waals surface area contributed by atoms with Crippen molar-refractivity contribution in [3.63, 3.8) is 0 Å². The Kier molecular flexibility index (Phi) is 6.97. The van der Waals surface area contributed by atoms with Crippen molar-refractivity contribution in [3.8, 4) is 0 Å². The topological polar surface area (TPSA) is 24.5 Å². The fourth-order valence-electron chi connectivity index (χ4n) is 4.06. The fraction of sp³-hybridized carbons (Fsp3) is 1.00. The van der Waals surface area contributed by atoms with E-state index in [1.165, 1.54) is 58.0 Å². The van der Waals surface area contributed by atoms with Crippen LogP contribution < -0.4 is 5.32 Å². The molecule has 0 aromatic heterocycles. The summed E-state index contributed by atoms with van der Waals surface area (Å²) in [5.41, 5.74) is 0.423. The number of nitrogens with zero attached hydrogens (tertiary/aromatic N) is 1. The minimum atomic E-state index is 0.423. The molecular formula is C18H36N2O. The Balaban J connectivity index is 1.84. The second-order valence-corrected chi connectivity index (χ2v) is 7.85. The van der Waals surface area contributed by atoms with Gasteiger partial charge in [0.25, 0.3) is 0 Å². The average molecular weight is 296 g/mol. The molecule has 3 nitrogen and oxygen atoms in total. The SMILES string of the molecule is CC(C)NCC1(CN(C)CC2CCCCC2)CCOCC1. The Morgan fingerprint density at radius 2 is 1.81 bits per heavy atom. The largest absolute Gasteiger partial charge is 0.381 e. The van der Waals surface area contributed by atoms with E-state index in [-0.39, 0.29) is 0 Å². The summed E-state index contributed by atoms with van der Waals surface area (Å²) in [7, 11) is 2.33. The molecule has 124 valence electrons. The molecule has 2 fully saturated rings. The van der Waals surface area contributed by atoms with Gasteiger partial charge in [-0.3, -0.25) is 0 Å². The Bertz CT molecular complexity index is 281. The van der Waals surface area contributed by atoms with Crippen LogP contribution in [-0.2, 0) is 4.74 Å². The monoisotopic (exact) mass is 296 g/mol. The van der Waals surface area contributed by atoms with E-state index in [2.05, 4.69) is 31.1 Å². The summed E-state index contributed by atoms with van der Waals surface area (Å²) in [6.45, 7) is 10.0. The zero-order chi connectivity index (χ0) is 15.1. The lowest BCUT2D eigenvalue weighted by molar-refractivity contribution is -0.00394. The van der Waals surface area contributed by atoms with Gasteiger partial charge in [0, 0.05) is 38.9 Å². The first-order valence-electron chi connectivity index (χ1n) is 9.09. The Morgan fingerprint density at radius 3 is 2.43 bits per heavy atom. The molecule has 0 atom stereocenters. The lowest BCUT2D eigenvalue weighted by atomic mass is 9.79. The van der Waals surface area contributed by atoms with E-state index < -0.39 is 0 Å². The maximum atomic E-state index is 5.62. The maximum Gasteiger partial charge on any atom is 0.0472 e. The Morgan fingerprint density at radius 1 is 1.14 bits per heavy atom. The van der Waals surface area contributed by atoms with Gasteiger partial charge in [0.15, 0.2) is 0 Å². The van der Waals surface area contributed by atoms with Gasteiger partial charge < -0.3 is 15.0 Å². The first-order valence-corrected chi connectivity index (χ1v) is 9.09. The molecule has 1 saturated heterocycles. The normalized spacial score (nSPS) is 23.9. The first kappa shape index (κ1) is 17.2. The molecule has 0 bridgehead atoms. The molecule has 1 saturated carbocycles. The number of rotatable bonds is 7. The van der Waals surface area contributed by atoms with Crippen LogP contribution in [-0.4, -0.2) is 50.8 Å². The Hall–Kier alpha value is -0.120. The molecule has 0 unspecified atom stereocenters. The molecule has 1 heterocycles. The molecule has 21 heavy (non-hydrogen) atoms. The summed E-state index contributed by atoms with van der Waals surface area (Å²) in [5.74, 6) is 0.943. The number of ether oxygens (including phenoxy) is 1. The summed E-state index contributed by atoms with van der Waals surface area (Å²) < 4.78 is 5.62. The smallest absolute Gasteiger partial charge is 0.0472 e. The van der Waals surface area contributed by atoms with Crippen molar-refractivity contribution >= 4 is 0 Å². The predicted molar refractivity (Wildman–Crippen MR) is 89.7 cm³/mol. The van der Waals surface area contributed by atoms with Crippen molar-refractivity contribution in [1.82, 2.24) is 10.2 Å². The molecule has 0 aromatic carbocycles. The van der Waals surface area contributed by atoms with Crippen LogP contribution in [0, 0.1) is 11.3 Å². The highest BCUT2D eigenvalue weighted by Crippen LogP contribution is 2.32. The standard InChI is InChI=1S/C18H36N2O/c1-16(2)19-14-18(9-11-21-12-10-18)15-20(3)13-17-7-5-4-6-8-17/h16-17,19H,4-15H2,1-3H3. The second kappa shape index (κ2) is 8.50. The van der Waals surface area contributed by atoms with Gasteiger partial charge in [-0.05, 0) is 44.1 Å². The first-order chi connectivity index (χ1) is 10.1. The third-order valence-electron chi connectivity index (χ3n) is 5.34. The summed E-state index contributed by atoms with van der Waals surface area (Å²) >= 11 is 0. The zero-order valence-corrected chi connectivity index (χ0v) is 14.5. The molecule has 0 spiro atoms. The molecule has 1 aliphatic carbocycles. The van der Waals surface area contributed by atoms with Gasteiger partial charge in [-0.1, -0.05) is 33.1 Å². The van der Waals surface area contributed by atoms with Crippen LogP contribution in [0.1, 0.15) is 58.8 Å². The molecular weight excluding hydrogens is 260 g/mol. The van der Waals surface area contributed by atoms with Crippen LogP contribution in [0.3, 0.4) is 0 Å². The average Bonchev–Trinajstić information content (AvgIpc) is 2.47. The van der Waals surface area contributed by atoms with E-state index in [1.807, 2.05) is 0 Å². The number of nitrogens with one attached hydrogen (secondary N) is 1. The van der Waals surface area contributed by atoms with E-state index in [0.717, 1.165) is 25.7 Å². The van der Waals surface area contributed by atoms with Gasteiger partial charge in [0.05, 0.1) is 0 Å². The molecule has 1 N–H and O–H groups in total. The van der Waals surface area contributed by atoms with Crippen LogP contribution in [0.5, 0.6) is 0 Å².